The van der Waals surface area contributed by atoms with Gasteiger partial charge in [-0.3, -0.25) is 9.59 Å². The standard InChI is InChI=1S/C28H21N3O3S2/c32-14-4-3-5-18-8-10-19(11-9-18)28-30-17-21(35-28)16-29-26(33)20-12-13-25-23(15-20)31-27(34)22-6-1-2-7-24(22)36-25/h1-2,6-13,15,17,32H,4,14,16H2,(H,29,33)(H,31,34). The lowest BCUT2D eigenvalue weighted by atomic mass is 10.1. The summed E-state index contributed by atoms with van der Waals surface area (Å²) in [6.45, 7) is 0.408. The molecule has 0 unspecified atom stereocenters. The fraction of sp³-hybridized carbons (Fsp3) is 0.107. The number of aliphatic hydroxyl groups is 1. The molecule has 3 N–H and O–H groups in total. The Kier molecular flexibility index (Phi) is 7.14. The molecule has 0 atom stereocenters. The van der Waals surface area contributed by atoms with Gasteiger partial charge in [-0.25, -0.2) is 4.98 Å². The molecule has 2 amide bonds. The topological polar surface area (TPSA) is 91.3 Å². The summed E-state index contributed by atoms with van der Waals surface area (Å²) in [7, 11) is 0. The number of amides is 2. The van der Waals surface area contributed by atoms with Crippen LogP contribution in [0, 0.1) is 11.8 Å². The first kappa shape index (κ1) is 23.8. The second-order valence-corrected chi connectivity index (χ2v) is 10.1. The minimum absolute atomic E-state index is 0.0560. The van der Waals surface area contributed by atoms with Crippen molar-refractivity contribution < 1.29 is 14.7 Å². The molecule has 0 aliphatic carbocycles. The second kappa shape index (κ2) is 10.8. The number of carbonyl (C=O) groups is 2. The van der Waals surface area contributed by atoms with Crippen LogP contribution in [-0.2, 0) is 6.54 Å². The van der Waals surface area contributed by atoms with E-state index in [0.717, 1.165) is 30.8 Å². The number of nitrogens with zero attached hydrogens (tertiary/aromatic N) is 1. The van der Waals surface area contributed by atoms with E-state index < -0.39 is 0 Å². The number of rotatable bonds is 5. The van der Waals surface area contributed by atoms with Crippen LogP contribution in [0.4, 0.5) is 5.69 Å². The van der Waals surface area contributed by atoms with E-state index in [1.807, 2.05) is 48.5 Å². The highest BCUT2D eigenvalue weighted by Gasteiger charge is 2.20. The van der Waals surface area contributed by atoms with Gasteiger partial charge in [0.25, 0.3) is 11.8 Å². The first-order valence-corrected chi connectivity index (χ1v) is 12.9. The van der Waals surface area contributed by atoms with Crippen LogP contribution in [0.2, 0.25) is 0 Å². The van der Waals surface area contributed by atoms with Crippen molar-refractivity contribution in [3.8, 4) is 22.4 Å². The number of hydrogen-bond acceptors (Lipinski definition) is 6. The van der Waals surface area contributed by atoms with E-state index in [2.05, 4.69) is 27.5 Å². The summed E-state index contributed by atoms with van der Waals surface area (Å²) in [6.07, 6.45) is 2.22. The second-order valence-electron chi connectivity index (χ2n) is 7.93. The van der Waals surface area contributed by atoms with Gasteiger partial charge in [0.2, 0.25) is 0 Å². The van der Waals surface area contributed by atoms with Crippen LogP contribution < -0.4 is 10.6 Å². The third kappa shape index (κ3) is 5.34. The minimum atomic E-state index is -0.223. The summed E-state index contributed by atoms with van der Waals surface area (Å²) in [5.41, 5.74) is 3.58. The lowest BCUT2D eigenvalue weighted by Crippen LogP contribution is -2.22. The van der Waals surface area contributed by atoms with Crippen molar-refractivity contribution in [3.05, 3.63) is 94.5 Å². The van der Waals surface area contributed by atoms with Gasteiger partial charge in [0.15, 0.2) is 0 Å². The molecule has 1 aromatic heterocycles. The number of fused-ring (bicyclic) bond motifs is 2. The molecule has 1 aliphatic heterocycles. The molecule has 3 aromatic carbocycles. The number of carbonyl (C=O) groups excluding carboxylic acids is 2. The Labute approximate surface area is 216 Å². The van der Waals surface area contributed by atoms with Crippen molar-refractivity contribution in [2.24, 2.45) is 0 Å². The molecule has 4 aromatic rings. The average molecular weight is 512 g/mol. The van der Waals surface area contributed by atoms with E-state index >= 15 is 0 Å². The zero-order chi connectivity index (χ0) is 24.9. The first-order valence-electron chi connectivity index (χ1n) is 11.3. The molecule has 1 aliphatic rings. The zero-order valence-electron chi connectivity index (χ0n) is 19.1. The maximum atomic E-state index is 12.8. The Hall–Kier alpha value is -3.90. The predicted octanol–water partition coefficient (Wildman–Crippen LogP) is 5.19. The molecule has 0 radical (unpaired) electrons. The van der Waals surface area contributed by atoms with E-state index in [1.165, 1.54) is 23.1 Å². The van der Waals surface area contributed by atoms with Crippen molar-refractivity contribution in [1.82, 2.24) is 10.3 Å². The molecule has 6 nitrogen and oxygen atoms in total. The SMILES string of the molecule is O=C(NCc1cnc(-c2ccc(C#CCCO)cc2)s1)c1ccc2c(c1)NC(=O)c1ccccc1S2. The van der Waals surface area contributed by atoms with Crippen molar-refractivity contribution in [2.75, 3.05) is 11.9 Å². The summed E-state index contributed by atoms with van der Waals surface area (Å²) in [6, 6.07) is 20.6. The highest BCUT2D eigenvalue weighted by Crippen LogP contribution is 2.39. The number of nitrogens with one attached hydrogen (secondary N) is 2. The van der Waals surface area contributed by atoms with Crippen molar-refractivity contribution in [2.45, 2.75) is 22.8 Å². The lowest BCUT2D eigenvalue weighted by molar-refractivity contribution is 0.0949. The molecule has 0 bridgehead atoms. The van der Waals surface area contributed by atoms with Crippen LogP contribution in [0.15, 0.2) is 82.7 Å². The van der Waals surface area contributed by atoms with Crippen LogP contribution in [0.1, 0.15) is 37.6 Å². The number of benzene rings is 3. The normalized spacial score (nSPS) is 11.9. The highest BCUT2D eigenvalue weighted by molar-refractivity contribution is 7.99. The Morgan fingerprint density at radius 2 is 1.89 bits per heavy atom. The quantitative estimate of drug-likeness (QED) is 0.321. The third-order valence-corrected chi connectivity index (χ3v) is 7.62. The molecule has 178 valence electrons. The van der Waals surface area contributed by atoms with Crippen molar-refractivity contribution in [3.63, 3.8) is 0 Å². The van der Waals surface area contributed by atoms with Gasteiger partial charge in [0.05, 0.1) is 24.4 Å². The summed E-state index contributed by atoms with van der Waals surface area (Å²) in [4.78, 5) is 32.6. The number of thiazole rings is 1. The Balaban J connectivity index is 1.23. The summed E-state index contributed by atoms with van der Waals surface area (Å²) in [5.74, 6) is 5.51. The molecule has 0 saturated carbocycles. The monoisotopic (exact) mass is 511 g/mol. The van der Waals surface area contributed by atoms with Gasteiger partial charge in [-0.15, -0.1) is 11.3 Å². The van der Waals surface area contributed by atoms with E-state index in [-0.39, 0.29) is 18.4 Å². The molecule has 5 rings (SSSR count). The van der Waals surface area contributed by atoms with E-state index in [1.54, 1.807) is 24.4 Å². The molecule has 0 saturated heterocycles. The molecular weight excluding hydrogens is 490 g/mol. The molecule has 0 spiro atoms. The third-order valence-electron chi connectivity index (χ3n) is 5.42. The molecule has 0 fully saturated rings. The Morgan fingerprint density at radius 1 is 1.06 bits per heavy atom. The first-order chi connectivity index (χ1) is 17.6. The van der Waals surface area contributed by atoms with Gasteiger partial charge in [-0.2, -0.15) is 0 Å². The van der Waals surface area contributed by atoms with Crippen LogP contribution in [0.25, 0.3) is 10.6 Å². The average Bonchev–Trinajstić information content (AvgIpc) is 3.32. The van der Waals surface area contributed by atoms with Gasteiger partial charge in [-0.05, 0) is 42.5 Å². The lowest BCUT2D eigenvalue weighted by Gasteiger charge is -2.09. The van der Waals surface area contributed by atoms with Crippen LogP contribution >= 0.6 is 23.1 Å². The summed E-state index contributed by atoms with van der Waals surface area (Å²) in [5, 5.41) is 15.6. The van der Waals surface area contributed by atoms with Gasteiger partial charge in [-0.1, -0.05) is 47.9 Å². The largest absolute Gasteiger partial charge is 0.395 e. The van der Waals surface area contributed by atoms with Crippen molar-refractivity contribution >= 4 is 40.6 Å². The van der Waals surface area contributed by atoms with Gasteiger partial charge in [0, 0.05) is 44.0 Å². The molecule has 2 heterocycles. The maximum absolute atomic E-state index is 12.8. The van der Waals surface area contributed by atoms with Crippen LogP contribution in [0.3, 0.4) is 0 Å². The number of hydrogen-bond donors (Lipinski definition) is 3. The van der Waals surface area contributed by atoms with Crippen molar-refractivity contribution in [1.29, 1.82) is 0 Å². The summed E-state index contributed by atoms with van der Waals surface area (Å²) < 4.78 is 0. The molecule has 8 heteroatoms. The number of anilines is 1. The fourth-order valence-corrected chi connectivity index (χ4v) is 5.49. The highest BCUT2D eigenvalue weighted by atomic mass is 32.2. The Bertz CT molecular complexity index is 1500. The fourth-order valence-electron chi connectivity index (χ4n) is 3.62. The number of aliphatic hydroxyl groups excluding tert-OH is 1. The van der Waals surface area contributed by atoms with Crippen LogP contribution in [0.5, 0.6) is 0 Å². The number of aromatic nitrogens is 1. The Morgan fingerprint density at radius 3 is 2.72 bits per heavy atom. The van der Waals surface area contributed by atoms with Gasteiger partial charge < -0.3 is 15.7 Å². The van der Waals surface area contributed by atoms with Gasteiger partial charge in [0.1, 0.15) is 5.01 Å². The summed E-state index contributed by atoms with van der Waals surface area (Å²) >= 11 is 3.02. The van der Waals surface area contributed by atoms with Gasteiger partial charge >= 0.3 is 0 Å². The van der Waals surface area contributed by atoms with E-state index in [4.69, 9.17) is 5.11 Å². The smallest absolute Gasteiger partial charge is 0.256 e. The van der Waals surface area contributed by atoms with Crippen LogP contribution in [-0.4, -0.2) is 28.5 Å². The predicted molar refractivity (Wildman–Crippen MR) is 142 cm³/mol. The maximum Gasteiger partial charge on any atom is 0.256 e. The minimum Gasteiger partial charge on any atom is -0.395 e. The zero-order valence-corrected chi connectivity index (χ0v) is 20.7. The molecular formula is C28H21N3O3S2. The van der Waals surface area contributed by atoms with E-state index in [0.29, 0.717) is 29.8 Å². The van der Waals surface area contributed by atoms with E-state index in [9.17, 15) is 9.59 Å². The molecule has 36 heavy (non-hydrogen) atoms.